The number of aryl methyl sites for hydroxylation is 2. The molecule has 3 rings (SSSR count). The van der Waals surface area contributed by atoms with Gasteiger partial charge in [0.15, 0.2) is 0 Å². The van der Waals surface area contributed by atoms with Gasteiger partial charge in [-0.15, -0.1) is 0 Å². The first-order valence-electron chi connectivity index (χ1n) is 7.43. The van der Waals surface area contributed by atoms with E-state index in [0.717, 1.165) is 22.4 Å². The smallest absolute Gasteiger partial charge is 0.242 e. The van der Waals surface area contributed by atoms with Crippen LogP contribution in [0.3, 0.4) is 0 Å². The van der Waals surface area contributed by atoms with Crippen molar-refractivity contribution >= 4 is 15.7 Å². The summed E-state index contributed by atoms with van der Waals surface area (Å²) in [4.78, 5) is 0.259. The van der Waals surface area contributed by atoms with Crippen LogP contribution in [-0.4, -0.2) is 20.3 Å². The molecule has 6 heteroatoms. The quantitative estimate of drug-likeness (QED) is 0.904. The predicted molar refractivity (Wildman–Crippen MR) is 90.8 cm³/mol. The van der Waals surface area contributed by atoms with E-state index in [9.17, 15) is 8.42 Å². The molecule has 0 bridgehead atoms. The van der Waals surface area contributed by atoms with Gasteiger partial charge < -0.3 is 0 Å². The van der Waals surface area contributed by atoms with Gasteiger partial charge in [0.25, 0.3) is 0 Å². The molecule has 0 fully saturated rings. The molecule has 1 heterocycles. The molecule has 0 radical (unpaired) electrons. The number of benzene rings is 2. The van der Waals surface area contributed by atoms with E-state index < -0.39 is 16.2 Å². The van der Waals surface area contributed by atoms with E-state index in [0.29, 0.717) is 6.42 Å². The number of nitrogens with zero attached hydrogens (tertiary/aromatic N) is 1. The van der Waals surface area contributed by atoms with Crippen LogP contribution in [0, 0.1) is 13.8 Å². The number of nitrogens with one attached hydrogen (secondary N) is 2. The molecule has 0 aliphatic carbocycles. The van der Waals surface area contributed by atoms with Gasteiger partial charge in [0.05, 0.1) is 10.6 Å². The number of hydrazone groups is 1. The Labute approximate surface area is 136 Å². The van der Waals surface area contributed by atoms with Gasteiger partial charge in [-0.2, -0.15) is 9.82 Å². The molecule has 5 nitrogen and oxygen atoms in total. The Morgan fingerprint density at radius 1 is 1.09 bits per heavy atom. The zero-order chi connectivity index (χ0) is 16.4. The minimum Gasteiger partial charge on any atom is -0.291 e. The van der Waals surface area contributed by atoms with E-state index in [4.69, 9.17) is 0 Å². The first-order chi connectivity index (χ1) is 11.0. The fraction of sp³-hybridized carbons (Fsp3) is 0.235. The van der Waals surface area contributed by atoms with Crippen molar-refractivity contribution in [2.45, 2.75) is 31.3 Å². The normalized spacial score (nSPS) is 17.7. The summed E-state index contributed by atoms with van der Waals surface area (Å²) in [5.41, 5.74) is 6.91. The molecule has 1 aliphatic heterocycles. The Hall–Kier alpha value is -2.18. The number of hydrogen-bond donors (Lipinski definition) is 2. The maximum absolute atomic E-state index is 12.4. The summed E-state index contributed by atoms with van der Waals surface area (Å²) in [7, 11) is -3.56. The molecule has 0 saturated heterocycles. The number of rotatable bonds is 4. The van der Waals surface area contributed by atoms with E-state index in [1.54, 1.807) is 24.3 Å². The summed E-state index contributed by atoms with van der Waals surface area (Å²) in [5, 5.41) is 4.28. The van der Waals surface area contributed by atoms with Crippen LogP contribution in [0.4, 0.5) is 0 Å². The minimum atomic E-state index is -3.56. The molecule has 1 aliphatic rings. The van der Waals surface area contributed by atoms with Crippen molar-refractivity contribution in [2.75, 3.05) is 0 Å². The maximum atomic E-state index is 12.4. The van der Waals surface area contributed by atoms with Crippen LogP contribution in [0.15, 0.2) is 58.5 Å². The van der Waals surface area contributed by atoms with Gasteiger partial charge in [-0.1, -0.05) is 42.0 Å². The highest BCUT2D eigenvalue weighted by molar-refractivity contribution is 7.89. The van der Waals surface area contributed by atoms with Crippen molar-refractivity contribution in [3.05, 3.63) is 65.2 Å². The molecule has 0 amide bonds. The van der Waals surface area contributed by atoms with Crippen LogP contribution in [0.1, 0.15) is 23.1 Å². The highest BCUT2D eigenvalue weighted by Gasteiger charge is 2.25. The maximum Gasteiger partial charge on any atom is 0.242 e. The first-order valence-corrected chi connectivity index (χ1v) is 8.91. The monoisotopic (exact) mass is 329 g/mol. The lowest BCUT2D eigenvalue weighted by molar-refractivity contribution is 0.521. The highest BCUT2D eigenvalue weighted by atomic mass is 32.2. The summed E-state index contributed by atoms with van der Waals surface area (Å²) < 4.78 is 27.5. The third-order valence-corrected chi connectivity index (χ3v) is 5.33. The van der Waals surface area contributed by atoms with Crippen molar-refractivity contribution in [1.29, 1.82) is 0 Å². The topological polar surface area (TPSA) is 70.6 Å². The van der Waals surface area contributed by atoms with Crippen molar-refractivity contribution < 1.29 is 8.42 Å². The summed E-state index contributed by atoms with van der Waals surface area (Å²) in [6, 6.07) is 14.7. The average molecular weight is 329 g/mol. The summed E-state index contributed by atoms with van der Waals surface area (Å²) in [5.74, 6) is 0. The second kappa shape index (κ2) is 6.14. The van der Waals surface area contributed by atoms with E-state index in [2.05, 4.69) is 15.2 Å². The van der Waals surface area contributed by atoms with E-state index in [1.807, 2.05) is 38.1 Å². The Morgan fingerprint density at radius 3 is 2.48 bits per heavy atom. The van der Waals surface area contributed by atoms with Crippen LogP contribution < -0.4 is 10.1 Å². The lowest BCUT2D eigenvalue weighted by Crippen LogP contribution is -2.40. The molecular weight excluding hydrogens is 310 g/mol. The molecular formula is C17H19N3O2S. The molecule has 2 N–H and O–H groups in total. The van der Waals surface area contributed by atoms with E-state index in [1.165, 1.54) is 0 Å². The lowest BCUT2D eigenvalue weighted by Gasteiger charge is -2.13. The van der Waals surface area contributed by atoms with Crippen LogP contribution in [0.5, 0.6) is 0 Å². The molecule has 1 unspecified atom stereocenters. The second-order valence-electron chi connectivity index (χ2n) is 5.69. The summed E-state index contributed by atoms with van der Waals surface area (Å²) in [6.07, 6.45) is 0.0755. The van der Waals surface area contributed by atoms with E-state index in [-0.39, 0.29) is 4.90 Å². The van der Waals surface area contributed by atoms with Crippen LogP contribution >= 0.6 is 0 Å². The Morgan fingerprint density at radius 2 is 1.78 bits per heavy atom. The zero-order valence-electron chi connectivity index (χ0n) is 13.1. The van der Waals surface area contributed by atoms with Gasteiger partial charge in [-0.25, -0.2) is 8.42 Å². The van der Waals surface area contributed by atoms with Crippen LogP contribution in [0.2, 0.25) is 0 Å². The standard InChI is InChI=1S/C17H19N3O2S/c1-12-7-9-14(10-8-12)23(21,22)20-17-11-16(18-19-17)15-6-4-3-5-13(15)2/h3-10,17,19-20H,11H2,1-2H3. The lowest BCUT2D eigenvalue weighted by atomic mass is 10.0. The molecule has 0 spiro atoms. The van der Waals surface area contributed by atoms with Gasteiger partial charge in [-0.3, -0.25) is 5.43 Å². The van der Waals surface area contributed by atoms with Crippen molar-refractivity contribution in [3.8, 4) is 0 Å². The Bertz CT molecular complexity index is 842. The summed E-state index contributed by atoms with van der Waals surface area (Å²) >= 11 is 0. The molecule has 120 valence electrons. The van der Waals surface area contributed by atoms with Crippen molar-refractivity contribution in [3.63, 3.8) is 0 Å². The fourth-order valence-electron chi connectivity index (χ4n) is 2.55. The van der Waals surface area contributed by atoms with Crippen molar-refractivity contribution in [1.82, 2.24) is 10.1 Å². The largest absolute Gasteiger partial charge is 0.291 e. The third kappa shape index (κ3) is 3.43. The van der Waals surface area contributed by atoms with Gasteiger partial charge in [0.2, 0.25) is 10.0 Å². The van der Waals surface area contributed by atoms with Gasteiger partial charge in [0.1, 0.15) is 6.17 Å². The zero-order valence-corrected chi connectivity index (χ0v) is 13.9. The average Bonchev–Trinajstić information content (AvgIpc) is 2.95. The minimum absolute atomic E-state index is 0.259. The molecule has 1 atom stereocenters. The fourth-order valence-corrected chi connectivity index (χ4v) is 3.69. The van der Waals surface area contributed by atoms with E-state index >= 15 is 0 Å². The van der Waals surface area contributed by atoms with Crippen molar-refractivity contribution in [2.24, 2.45) is 5.10 Å². The SMILES string of the molecule is Cc1ccc(S(=O)(=O)NC2CC(c3ccccc3C)=NN2)cc1. The number of sulfonamides is 1. The molecule has 0 aromatic heterocycles. The second-order valence-corrected chi connectivity index (χ2v) is 7.41. The predicted octanol–water partition coefficient (Wildman–Crippen LogP) is 2.31. The third-order valence-electron chi connectivity index (χ3n) is 3.84. The highest BCUT2D eigenvalue weighted by Crippen LogP contribution is 2.17. The first kappa shape index (κ1) is 15.7. The molecule has 2 aromatic carbocycles. The summed E-state index contributed by atoms with van der Waals surface area (Å²) in [6.45, 7) is 3.94. The van der Waals surface area contributed by atoms with Gasteiger partial charge >= 0.3 is 0 Å². The number of hydrogen-bond acceptors (Lipinski definition) is 4. The van der Waals surface area contributed by atoms with Gasteiger partial charge in [-0.05, 0) is 31.5 Å². The molecule has 23 heavy (non-hydrogen) atoms. The Balaban J connectivity index is 1.72. The van der Waals surface area contributed by atoms with Gasteiger partial charge in [0, 0.05) is 12.0 Å². The molecule has 0 saturated carbocycles. The van der Waals surface area contributed by atoms with Crippen LogP contribution in [-0.2, 0) is 10.0 Å². The van der Waals surface area contributed by atoms with Crippen LogP contribution in [0.25, 0.3) is 0 Å². The molecule has 2 aromatic rings. The Kier molecular flexibility index (Phi) is 4.19.